The van der Waals surface area contributed by atoms with E-state index in [9.17, 15) is 4.79 Å². The lowest BCUT2D eigenvalue weighted by Gasteiger charge is -2.31. The molecule has 144 valence electrons. The van der Waals surface area contributed by atoms with Gasteiger partial charge in [0.1, 0.15) is 0 Å². The van der Waals surface area contributed by atoms with Gasteiger partial charge in [0.15, 0.2) is 0 Å². The van der Waals surface area contributed by atoms with Gasteiger partial charge in [0, 0.05) is 18.2 Å². The monoisotopic (exact) mass is 404 g/mol. The maximum atomic E-state index is 12.7. The Hall–Kier alpha value is -1.55. The fourth-order valence-electron chi connectivity index (χ4n) is 3.60. The van der Waals surface area contributed by atoms with Gasteiger partial charge in [-0.15, -0.1) is 0 Å². The van der Waals surface area contributed by atoms with E-state index in [1.165, 1.54) is 5.56 Å². The van der Waals surface area contributed by atoms with E-state index in [2.05, 4.69) is 30.1 Å². The molecule has 0 bridgehead atoms. The summed E-state index contributed by atoms with van der Waals surface area (Å²) in [6, 6.07) is 13.8. The number of rotatable bonds is 5. The maximum Gasteiger partial charge on any atom is 0.227 e. The smallest absolute Gasteiger partial charge is 0.227 e. The molecule has 0 atom stereocenters. The fourth-order valence-corrected chi connectivity index (χ4v) is 3.92. The van der Waals surface area contributed by atoms with E-state index < -0.39 is 0 Å². The number of hydrogen-bond acceptors (Lipinski definition) is 2. The lowest BCUT2D eigenvalue weighted by atomic mass is 9.94. The van der Waals surface area contributed by atoms with Gasteiger partial charge in [0.05, 0.1) is 10.0 Å². The van der Waals surface area contributed by atoms with Crippen LogP contribution in [-0.4, -0.2) is 23.9 Å². The third-order valence-electron chi connectivity index (χ3n) is 5.19. The quantitative estimate of drug-likeness (QED) is 0.665. The first-order valence-corrected chi connectivity index (χ1v) is 10.3. The number of carbonyl (C=O) groups excluding carboxylic acids is 1. The van der Waals surface area contributed by atoms with Crippen LogP contribution >= 0.6 is 23.2 Å². The zero-order chi connectivity index (χ0) is 19.4. The van der Waals surface area contributed by atoms with Gasteiger partial charge in [-0.2, -0.15) is 0 Å². The number of amides is 1. The molecular formula is C22H26Cl2N2O. The number of likely N-dealkylation sites (tertiary alicyclic amines) is 1. The van der Waals surface area contributed by atoms with Crippen LogP contribution < -0.4 is 5.32 Å². The molecule has 0 aliphatic carbocycles. The second-order valence-corrected chi connectivity index (χ2v) is 8.34. The Morgan fingerprint density at radius 2 is 1.81 bits per heavy atom. The summed E-state index contributed by atoms with van der Waals surface area (Å²) in [5.41, 5.74) is 3.27. The van der Waals surface area contributed by atoms with Gasteiger partial charge >= 0.3 is 0 Å². The van der Waals surface area contributed by atoms with Crippen LogP contribution in [0.3, 0.4) is 0 Å². The van der Waals surface area contributed by atoms with E-state index in [4.69, 9.17) is 23.2 Å². The molecule has 0 saturated carbocycles. The second kappa shape index (κ2) is 9.09. The van der Waals surface area contributed by atoms with E-state index in [0.717, 1.165) is 43.7 Å². The van der Waals surface area contributed by atoms with Crippen molar-refractivity contribution in [3.8, 4) is 0 Å². The van der Waals surface area contributed by atoms with Gasteiger partial charge in [-0.05, 0) is 61.2 Å². The van der Waals surface area contributed by atoms with E-state index in [1.807, 2.05) is 36.4 Å². The molecule has 27 heavy (non-hydrogen) atoms. The number of carbonyl (C=O) groups is 1. The largest absolute Gasteiger partial charge is 0.326 e. The van der Waals surface area contributed by atoms with Crippen molar-refractivity contribution in [1.82, 2.24) is 4.90 Å². The predicted octanol–water partition coefficient (Wildman–Crippen LogP) is 5.97. The molecule has 0 spiro atoms. The van der Waals surface area contributed by atoms with Gasteiger partial charge in [0.25, 0.3) is 0 Å². The summed E-state index contributed by atoms with van der Waals surface area (Å²) in [5.74, 6) is 0.585. The van der Waals surface area contributed by atoms with Crippen molar-refractivity contribution in [2.24, 2.45) is 5.92 Å². The van der Waals surface area contributed by atoms with E-state index in [0.29, 0.717) is 16.0 Å². The Morgan fingerprint density at radius 3 is 2.48 bits per heavy atom. The Balaban J connectivity index is 1.54. The van der Waals surface area contributed by atoms with Crippen molar-refractivity contribution >= 4 is 34.8 Å². The Morgan fingerprint density at radius 1 is 1.11 bits per heavy atom. The summed E-state index contributed by atoms with van der Waals surface area (Å²) in [5, 5.41) is 4.32. The first kappa shape index (κ1) is 20.2. The van der Waals surface area contributed by atoms with Crippen LogP contribution in [0.1, 0.15) is 43.7 Å². The zero-order valence-corrected chi connectivity index (χ0v) is 17.4. The Kier molecular flexibility index (Phi) is 6.80. The molecule has 3 nitrogen and oxygen atoms in total. The minimum atomic E-state index is 0.0651. The maximum absolute atomic E-state index is 12.7. The predicted molar refractivity (Wildman–Crippen MR) is 114 cm³/mol. The molecule has 1 N–H and O–H groups in total. The average molecular weight is 405 g/mol. The molecule has 2 aromatic carbocycles. The fraction of sp³-hybridized carbons (Fsp3) is 0.409. The molecule has 1 aliphatic rings. The third kappa shape index (κ3) is 5.25. The molecule has 0 unspecified atom stereocenters. The van der Waals surface area contributed by atoms with Crippen molar-refractivity contribution < 1.29 is 4.79 Å². The molecule has 1 amide bonds. The minimum absolute atomic E-state index is 0.0651. The Bertz CT molecular complexity index is 799. The van der Waals surface area contributed by atoms with Gasteiger partial charge < -0.3 is 5.32 Å². The minimum Gasteiger partial charge on any atom is -0.326 e. The molecule has 2 aromatic rings. The molecule has 5 heteroatoms. The summed E-state index contributed by atoms with van der Waals surface area (Å²) in [6.07, 6.45) is 1.74. The number of hydrogen-bond donors (Lipinski definition) is 1. The molecule has 1 saturated heterocycles. The first-order chi connectivity index (χ1) is 12.9. The van der Waals surface area contributed by atoms with Crippen LogP contribution in [0.15, 0.2) is 42.5 Å². The molecule has 0 radical (unpaired) electrons. The molecule has 1 aliphatic heterocycles. The van der Waals surface area contributed by atoms with Crippen molar-refractivity contribution in [3.05, 3.63) is 63.6 Å². The Labute approximate surface area is 171 Å². The van der Waals surface area contributed by atoms with Crippen molar-refractivity contribution in [3.63, 3.8) is 0 Å². The number of benzene rings is 2. The topological polar surface area (TPSA) is 32.3 Å². The zero-order valence-electron chi connectivity index (χ0n) is 15.8. The van der Waals surface area contributed by atoms with Crippen molar-refractivity contribution in [2.45, 2.75) is 39.2 Å². The second-order valence-electron chi connectivity index (χ2n) is 7.53. The molecule has 1 fully saturated rings. The van der Waals surface area contributed by atoms with Crippen LogP contribution in [0.25, 0.3) is 0 Å². The summed E-state index contributed by atoms with van der Waals surface area (Å²) < 4.78 is 0. The number of nitrogens with zero attached hydrogens (tertiary/aromatic N) is 1. The third-order valence-corrected chi connectivity index (χ3v) is 5.93. The average Bonchev–Trinajstić information content (AvgIpc) is 2.65. The number of nitrogens with one attached hydrogen (secondary N) is 1. The summed E-state index contributed by atoms with van der Waals surface area (Å²) in [7, 11) is 0. The highest BCUT2D eigenvalue weighted by Crippen LogP contribution is 2.27. The van der Waals surface area contributed by atoms with Crippen LogP contribution in [0.2, 0.25) is 10.0 Å². The summed E-state index contributed by atoms with van der Waals surface area (Å²) in [6.45, 7) is 6.94. The van der Waals surface area contributed by atoms with Crippen molar-refractivity contribution in [2.75, 3.05) is 18.4 Å². The number of anilines is 1. The lowest BCUT2D eigenvalue weighted by Crippen LogP contribution is -2.37. The van der Waals surface area contributed by atoms with Crippen LogP contribution in [-0.2, 0) is 11.3 Å². The molecule has 0 aromatic heterocycles. The normalized spacial score (nSPS) is 15.9. The van der Waals surface area contributed by atoms with E-state index in [-0.39, 0.29) is 11.8 Å². The molecule has 3 rings (SSSR count). The van der Waals surface area contributed by atoms with Gasteiger partial charge in [-0.3, -0.25) is 9.69 Å². The van der Waals surface area contributed by atoms with Crippen LogP contribution in [0.4, 0.5) is 5.69 Å². The van der Waals surface area contributed by atoms with Gasteiger partial charge in [0.2, 0.25) is 5.91 Å². The van der Waals surface area contributed by atoms with E-state index >= 15 is 0 Å². The number of piperidine rings is 1. The number of halogens is 2. The highest BCUT2D eigenvalue weighted by atomic mass is 35.5. The first-order valence-electron chi connectivity index (χ1n) is 9.50. The summed E-state index contributed by atoms with van der Waals surface area (Å²) in [4.78, 5) is 15.1. The van der Waals surface area contributed by atoms with E-state index in [1.54, 1.807) is 0 Å². The number of para-hydroxylation sites is 1. The SMILES string of the molecule is CC(C)c1ccccc1NC(=O)C1CCN(Cc2ccc(Cl)c(Cl)c2)CC1. The lowest BCUT2D eigenvalue weighted by molar-refractivity contribution is -0.121. The molecular weight excluding hydrogens is 379 g/mol. The van der Waals surface area contributed by atoms with Crippen LogP contribution in [0.5, 0.6) is 0 Å². The summed E-state index contributed by atoms with van der Waals surface area (Å²) >= 11 is 12.1. The van der Waals surface area contributed by atoms with Gasteiger partial charge in [-0.1, -0.05) is 61.3 Å². The van der Waals surface area contributed by atoms with Gasteiger partial charge in [-0.25, -0.2) is 0 Å². The molecule has 1 heterocycles. The highest BCUT2D eigenvalue weighted by Gasteiger charge is 2.25. The standard InChI is InChI=1S/C22H26Cl2N2O/c1-15(2)18-5-3-4-6-21(18)25-22(27)17-9-11-26(12-10-17)14-16-7-8-19(23)20(24)13-16/h3-8,13,15,17H,9-12,14H2,1-2H3,(H,25,27). The van der Waals surface area contributed by atoms with Crippen LogP contribution in [0, 0.1) is 5.92 Å². The highest BCUT2D eigenvalue weighted by molar-refractivity contribution is 6.42. The van der Waals surface area contributed by atoms with Crippen molar-refractivity contribution in [1.29, 1.82) is 0 Å².